The molecule has 1 fully saturated rings. The number of nitrogens with two attached hydrogens (primary N) is 1. The van der Waals surface area contributed by atoms with Crippen molar-refractivity contribution in [2.45, 2.75) is 38.3 Å². The van der Waals surface area contributed by atoms with Crippen LogP contribution in [0.3, 0.4) is 0 Å². The molecule has 1 aromatic rings. The van der Waals surface area contributed by atoms with E-state index in [0.717, 1.165) is 18.8 Å². The van der Waals surface area contributed by atoms with Crippen LogP contribution in [-0.4, -0.2) is 31.6 Å². The third-order valence-corrected chi connectivity index (χ3v) is 4.15. The second kappa shape index (κ2) is 6.92. The van der Waals surface area contributed by atoms with Crippen molar-refractivity contribution in [1.29, 1.82) is 0 Å². The number of hydrogen-bond donors (Lipinski definition) is 1. The second-order valence-electron chi connectivity index (χ2n) is 5.72. The van der Waals surface area contributed by atoms with Crippen molar-refractivity contribution in [2.75, 3.05) is 20.7 Å². The molecule has 3 heteroatoms. The van der Waals surface area contributed by atoms with E-state index in [9.17, 15) is 0 Å². The lowest BCUT2D eigenvalue weighted by molar-refractivity contribution is 0.205. The number of ether oxygens (including phenoxy) is 1. The fourth-order valence-corrected chi connectivity index (χ4v) is 3.05. The smallest absolute Gasteiger partial charge is 0.123 e. The van der Waals surface area contributed by atoms with E-state index < -0.39 is 0 Å². The Bertz CT molecular complexity index is 394. The van der Waals surface area contributed by atoms with Gasteiger partial charge in [0.2, 0.25) is 0 Å². The van der Waals surface area contributed by atoms with E-state index in [-0.39, 0.29) is 0 Å². The van der Waals surface area contributed by atoms with Crippen molar-refractivity contribution in [3.8, 4) is 5.75 Å². The van der Waals surface area contributed by atoms with E-state index in [2.05, 4.69) is 24.1 Å². The van der Waals surface area contributed by atoms with Crippen LogP contribution in [0.2, 0.25) is 0 Å². The molecule has 1 aliphatic rings. The molecule has 0 saturated heterocycles. The molecule has 106 valence electrons. The first-order valence-corrected chi connectivity index (χ1v) is 7.26. The van der Waals surface area contributed by atoms with Gasteiger partial charge in [-0.2, -0.15) is 0 Å². The van der Waals surface area contributed by atoms with E-state index >= 15 is 0 Å². The van der Waals surface area contributed by atoms with Crippen molar-refractivity contribution < 1.29 is 4.74 Å². The van der Waals surface area contributed by atoms with Crippen LogP contribution in [0.4, 0.5) is 0 Å². The highest BCUT2D eigenvalue weighted by Crippen LogP contribution is 2.25. The van der Waals surface area contributed by atoms with Crippen LogP contribution in [0.25, 0.3) is 0 Å². The number of nitrogens with zero attached hydrogens (tertiary/aromatic N) is 1. The Morgan fingerprint density at radius 1 is 1.26 bits per heavy atom. The van der Waals surface area contributed by atoms with Gasteiger partial charge in [-0.1, -0.05) is 31.0 Å². The molecular formula is C16H26N2O. The van der Waals surface area contributed by atoms with Crippen molar-refractivity contribution in [2.24, 2.45) is 11.7 Å². The van der Waals surface area contributed by atoms with Crippen LogP contribution in [0.15, 0.2) is 24.3 Å². The maximum atomic E-state index is 6.23. The molecule has 2 N–H and O–H groups in total. The Hall–Kier alpha value is -1.06. The minimum atomic E-state index is 0.383. The zero-order valence-electron chi connectivity index (χ0n) is 12.1. The van der Waals surface area contributed by atoms with Crippen molar-refractivity contribution in [3.63, 3.8) is 0 Å². The maximum Gasteiger partial charge on any atom is 0.123 e. The van der Waals surface area contributed by atoms with Gasteiger partial charge in [0, 0.05) is 24.7 Å². The zero-order valence-corrected chi connectivity index (χ0v) is 12.1. The van der Waals surface area contributed by atoms with Crippen LogP contribution in [0.5, 0.6) is 5.75 Å². The predicted octanol–water partition coefficient (Wildman–Crippen LogP) is 2.64. The van der Waals surface area contributed by atoms with Gasteiger partial charge in [0.05, 0.1) is 7.11 Å². The van der Waals surface area contributed by atoms with E-state index in [1.54, 1.807) is 7.11 Å². The number of rotatable bonds is 5. The molecule has 1 saturated carbocycles. The molecule has 0 amide bonds. The molecule has 0 radical (unpaired) electrons. The van der Waals surface area contributed by atoms with Crippen LogP contribution in [0.1, 0.15) is 31.2 Å². The van der Waals surface area contributed by atoms with Gasteiger partial charge in [0.15, 0.2) is 0 Å². The molecule has 3 nitrogen and oxygen atoms in total. The average molecular weight is 262 g/mol. The van der Waals surface area contributed by atoms with Gasteiger partial charge in [0.25, 0.3) is 0 Å². The Morgan fingerprint density at radius 2 is 2.00 bits per heavy atom. The van der Waals surface area contributed by atoms with Crippen molar-refractivity contribution in [1.82, 2.24) is 4.90 Å². The third-order valence-electron chi connectivity index (χ3n) is 4.15. The van der Waals surface area contributed by atoms with Gasteiger partial charge in [-0.05, 0) is 31.9 Å². The first kappa shape index (κ1) is 14.4. The summed E-state index contributed by atoms with van der Waals surface area (Å²) < 4.78 is 5.41. The number of benzene rings is 1. The predicted molar refractivity (Wildman–Crippen MR) is 79.3 cm³/mol. The molecule has 1 aliphatic carbocycles. The molecule has 0 bridgehead atoms. The van der Waals surface area contributed by atoms with E-state index in [4.69, 9.17) is 10.5 Å². The van der Waals surface area contributed by atoms with Gasteiger partial charge < -0.3 is 15.4 Å². The molecule has 0 spiro atoms. The Kier molecular flexibility index (Phi) is 5.23. The molecule has 19 heavy (non-hydrogen) atoms. The van der Waals surface area contributed by atoms with Gasteiger partial charge in [0.1, 0.15) is 5.75 Å². The number of hydrogen-bond acceptors (Lipinski definition) is 3. The number of para-hydroxylation sites is 1. The average Bonchev–Trinajstić information content (AvgIpc) is 2.42. The molecule has 2 rings (SSSR count). The summed E-state index contributed by atoms with van der Waals surface area (Å²) in [4.78, 5) is 2.37. The highest BCUT2D eigenvalue weighted by molar-refractivity contribution is 5.32. The zero-order chi connectivity index (χ0) is 13.7. The summed E-state index contributed by atoms with van der Waals surface area (Å²) in [6, 6.07) is 8.62. The van der Waals surface area contributed by atoms with Crippen LogP contribution >= 0.6 is 0 Å². The molecule has 1 aromatic carbocycles. The van der Waals surface area contributed by atoms with Gasteiger partial charge in [-0.25, -0.2) is 0 Å². The van der Waals surface area contributed by atoms with Crippen molar-refractivity contribution in [3.05, 3.63) is 29.8 Å². The van der Waals surface area contributed by atoms with Gasteiger partial charge >= 0.3 is 0 Å². The van der Waals surface area contributed by atoms with Gasteiger partial charge in [-0.3, -0.25) is 0 Å². The molecule has 2 atom stereocenters. The topological polar surface area (TPSA) is 38.5 Å². The monoisotopic (exact) mass is 262 g/mol. The molecule has 0 aromatic heterocycles. The van der Waals surface area contributed by atoms with E-state index in [1.165, 1.54) is 31.2 Å². The highest BCUT2D eigenvalue weighted by atomic mass is 16.5. The third kappa shape index (κ3) is 3.95. The van der Waals surface area contributed by atoms with E-state index in [0.29, 0.717) is 12.0 Å². The Labute approximate surface area is 116 Å². The standard InChI is InChI=1S/C16H26N2O/c1-18(11-13-7-3-5-9-15(13)17)12-14-8-4-6-10-16(14)19-2/h4,6,8,10,13,15H,3,5,7,9,11-12,17H2,1-2H3. The minimum Gasteiger partial charge on any atom is -0.496 e. The molecule has 0 heterocycles. The summed E-state index contributed by atoms with van der Waals surface area (Å²) in [5, 5.41) is 0. The summed E-state index contributed by atoms with van der Waals surface area (Å²) in [6.45, 7) is 2.01. The number of methoxy groups -OCH3 is 1. The van der Waals surface area contributed by atoms with Gasteiger partial charge in [-0.15, -0.1) is 0 Å². The summed E-state index contributed by atoms with van der Waals surface area (Å²) in [5.74, 6) is 1.62. The second-order valence-corrected chi connectivity index (χ2v) is 5.72. The normalized spacial score (nSPS) is 23.6. The Morgan fingerprint density at radius 3 is 2.74 bits per heavy atom. The fraction of sp³-hybridized carbons (Fsp3) is 0.625. The first-order valence-electron chi connectivity index (χ1n) is 7.26. The summed E-state index contributed by atoms with van der Waals surface area (Å²) >= 11 is 0. The van der Waals surface area contributed by atoms with Crippen molar-refractivity contribution >= 4 is 0 Å². The lowest BCUT2D eigenvalue weighted by Gasteiger charge is -2.32. The van der Waals surface area contributed by atoms with Crippen LogP contribution in [-0.2, 0) is 6.54 Å². The fourth-order valence-electron chi connectivity index (χ4n) is 3.05. The largest absolute Gasteiger partial charge is 0.496 e. The first-order chi connectivity index (χ1) is 9.20. The lowest BCUT2D eigenvalue weighted by atomic mass is 9.85. The molecular weight excluding hydrogens is 236 g/mol. The van der Waals surface area contributed by atoms with Crippen LogP contribution in [0, 0.1) is 5.92 Å². The van der Waals surface area contributed by atoms with E-state index in [1.807, 2.05) is 12.1 Å². The van der Waals surface area contributed by atoms with Crippen LogP contribution < -0.4 is 10.5 Å². The summed E-state index contributed by atoms with van der Waals surface area (Å²) in [6.07, 6.45) is 5.10. The molecule has 0 aliphatic heterocycles. The summed E-state index contributed by atoms with van der Waals surface area (Å²) in [5.41, 5.74) is 7.47. The SMILES string of the molecule is COc1ccccc1CN(C)CC1CCCCC1N. The maximum absolute atomic E-state index is 6.23. The molecule has 2 unspecified atom stereocenters. The lowest BCUT2D eigenvalue weighted by Crippen LogP contribution is -2.39. The summed E-state index contributed by atoms with van der Waals surface area (Å²) in [7, 11) is 3.91. The minimum absolute atomic E-state index is 0.383. The Balaban J connectivity index is 1.91. The quantitative estimate of drug-likeness (QED) is 0.886. The highest BCUT2D eigenvalue weighted by Gasteiger charge is 2.23.